The van der Waals surface area contributed by atoms with E-state index in [1.54, 1.807) is 0 Å². The van der Waals surface area contributed by atoms with Gasteiger partial charge in [0, 0.05) is 5.41 Å². The van der Waals surface area contributed by atoms with Crippen molar-refractivity contribution in [2.45, 2.75) is 40.5 Å². The number of ether oxygens (including phenoxy) is 1. The molecule has 0 heterocycles. The zero-order chi connectivity index (χ0) is 14.5. The predicted molar refractivity (Wildman–Crippen MR) is 76.8 cm³/mol. The monoisotopic (exact) mass is 264 g/mol. The summed E-state index contributed by atoms with van der Waals surface area (Å²) >= 11 is 0. The molecule has 0 atom stereocenters. The molecule has 4 nitrogen and oxygen atoms in total. The third-order valence-electron chi connectivity index (χ3n) is 3.29. The number of carbonyl (C=O) groups is 1. The summed E-state index contributed by atoms with van der Waals surface area (Å²) in [5, 5.41) is 0. The van der Waals surface area contributed by atoms with Gasteiger partial charge in [-0.05, 0) is 43.9 Å². The minimum atomic E-state index is -0.459. The molecule has 0 aromatic heterocycles. The van der Waals surface area contributed by atoms with Crippen LogP contribution in [0.15, 0.2) is 18.2 Å². The molecule has 3 N–H and O–H groups in total. The van der Waals surface area contributed by atoms with Crippen LogP contribution in [-0.2, 0) is 4.79 Å². The van der Waals surface area contributed by atoms with Gasteiger partial charge in [0.1, 0.15) is 5.75 Å². The highest BCUT2D eigenvalue weighted by atomic mass is 16.5. The van der Waals surface area contributed by atoms with Crippen LogP contribution in [0.1, 0.15) is 37.8 Å². The number of rotatable bonds is 6. The molecule has 0 unspecified atom stereocenters. The second kappa shape index (κ2) is 6.57. The van der Waals surface area contributed by atoms with E-state index in [1.165, 1.54) is 5.56 Å². The van der Waals surface area contributed by atoms with Gasteiger partial charge in [-0.1, -0.05) is 26.0 Å². The van der Waals surface area contributed by atoms with Crippen molar-refractivity contribution in [3.8, 4) is 5.75 Å². The van der Waals surface area contributed by atoms with E-state index in [1.807, 2.05) is 33.8 Å². The van der Waals surface area contributed by atoms with E-state index in [0.29, 0.717) is 6.61 Å². The minimum absolute atomic E-state index is 0.140. The number of hydrazine groups is 1. The molecule has 0 radical (unpaired) electrons. The molecule has 0 saturated heterocycles. The van der Waals surface area contributed by atoms with Crippen molar-refractivity contribution in [2.75, 3.05) is 6.61 Å². The van der Waals surface area contributed by atoms with Gasteiger partial charge in [0.15, 0.2) is 0 Å². The second-order valence-corrected chi connectivity index (χ2v) is 5.58. The first-order valence-electron chi connectivity index (χ1n) is 6.58. The van der Waals surface area contributed by atoms with Crippen molar-refractivity contribution in [3.05, 3.63) is 29.3 Å². The van der Waals surface area contributed by atoms with Crippen molar-refractivity contribution in [1.82, 2.24) is 5.43 Å². The molecular weight excluding hydrogens is 240 g/mol. The van der Waals surface area contributed by atoms with Gasteiger partial charge in [-0.15, -0.1) is 0 Å². The van der Waals surface area contributed by atoms with E-state index in [4.69, 9.17) is 10.6 Å². The Bertz CT molecular complexity index is 442. The lowest BCUT2D eigenvalue weighted by Gasteiger charge is -2.22. The van der Waals surface area contributed by atoms with Crippen molar-refractivity contribution in [1.29, 1.82) is 0 Å². The van der Waals surface area contributed by atoms with E-state index in [-0.39, 0.29) is 5.91 Å². The molecule has 1 amide bonds. The summed E-state index contributed by atoms with van der Waals surface area (Å²) in [7, 11) is 0. The van der Waals surface area contributed by atoms with Gasteiger partial charge >= 0.3 is 0 Å². The minimum Gasteiger partial charge on any atom is -0.493 e. The molecule has 0 bridgehead atoms. The predicted octanol–water partition coefficient (Wildman–Crippen LogP) is 2.48. The largest absolute Gasteiger partial charge is 0.493 e. The van der Waals surface area contributed by atoms with Gasteiger partial charge < -0.3 is 4.74 Å². The second-order valence-electron chi connectivity index (χ2n) is 5.58. The summed E-state index contributed by atoms with van der Waals surface area (Å²) in [6.45, 7) is 8.44. The summed E-state index contributed by atoms with van der Waals surface area (Å²) in [5.41, 5.74) is 4.06. The fourth-order valence-corrected chi connectivity index (χ4v) is 1.87. The first kappa shape index (κ1) is 15.5. The quantitative estimate of drug-likeness (QED) is 0.359. The highest BCUT2D eigenvalue weighted by Gasteiger charge is 2.26. The topological polar surface area (TPSA) is 64.3 Å². The molecule has 1 aromatic rings. The normalized spacial score (nSPS) is 11.2. The van der Waals surface area contributed by atoms with Crippen LogP contribution in [0.2, 0.25) is 0 Å². The Morgan fingerprint density at radius 2 is 2.05 bits per heavy atom. The Morgan fingerprint density at radius 3 is 2.68 bits per heavy atom. The Labute approximate surface area is 115 Å². The van der Waals surface area contributed by atoms with E-state index < -0.39 is 5.41 Å². The van der Waals surface area contributed by atoms with Crippen LogP contribution >= 0.6 is 0 Å². The van der Waals surface area contributed by atoms with Crippen LogP contribution in [-0.4, -0.2) is 12.5 Å². The standard InChI is InChI=1S/C15H24N2O2/c1-11-6-7-12(2)13(10-11)19-9-5-8-15(3,4)14(18)17-16/h6-7,10H,5,8-9,16H2,1-4H3,(H,17,18). The third-order valence-corrected chi connectivity index (χ3v) is 3.29. The zero-order valence-corrected chi connectivity index (χ0v) is 12.2. The molecule has 0 spiro atoms. The summed E-state index contributed by atoms with van der Waals surface area (Å²) in [6, 6.07) is 6.15. The third kappa shape index (κ3) is 4.56. The lowest BCUT2D eigenvalue weighted by Crippen LogP contribution is -2.41. The number of hydrogen-bond donors (Lipinski definition) is 2. The smallest absolute Gasteiger partial charge is 0.239 e. The van der Waals surface area contributed by atoms with Gasteiger partial charge in [0.25, 0.3) is 0 Å². The van der Waals surface area contributed by atoms with E-state index in [2.05, 4.69) is 17.6 Å². The van der Waals surface area contributed by atoms with Crippen molar-refractivity contribution >= 4 is 5.91 Å². The molecule has 19 heavy (non-hydrogen) atoms. The maximum absolute atomic E-state index is 11.5. The van der Waals surface area contributed by atoms with Crippen LogP contribution in [0.4, 0.5) is 0 Å². The van der Waals surface area contributed by atoms with Gasteiger partial charge in [-0.2, -0.15) is 0 Å². The summed E-state index contributed by atoms with van der Waals surface area (Å²) in [6.07, 6.45) is 1.55. The highest BCUT2D eigenvalue weighted by Crippen LogP contribution is 2.23. The van der Waals surface area contributed by atoms with Gasteiger partial charge in [0.05, 0.1) is 6.61 Å². The number of nitrogens with two attached hydrogens (primary N) is 1. The number of aryl methyl sites for hydroxylation is 2. The fraction of sp³-hybridized carbons (Fsp3) is 0.533. The molecule has 1 aromatic carbocycles. The average molecular weight is 264 g/mol. The molecular formula is C15H24N2O2. The van der Waals surface area contributed by atoms with E-state index in [9.17, 15) is 4.79 Å². The van der Waals surface area contributed by atoms with Crippen molar-refractivity contribution in [3.63, 3.8) is 0 Å². The first-order valence-corrected chi connectivity index (χ1v) is 6.58. The number of carbonyl (C=O) groups excluding carboxylic acids is 1. The molecule has 106 valence electrons. The Kier molecular flexibility index (Phi) is 5.36. The SMILES string of the molecule is Cc1ccc(C)c(OCCCC(C)(C)C(=O)NN)c1. The van der Waals surface area contributed by atoms with Crippen LogP contribution in [0.5, 0.6) is 5.75 Å². The average Bonchev–Trinajstić information content (AvgIpc) is 2.37. The van der Waals surface area contributed by atoms with Crippen LogP contribution in [0.25, 0.3) is 0 Å². The number of amides is 1. The lowest BCUT2D eigenvalue weighted by atomic mass is 9.87. The van der Waals surface area contributed by atoms with Crippen molar-refractivity contribution in [2.24, 2.45) is 11.3 Å². The first-order chi connectivity index (χ1) is 8.86. The van der Waals surface area contributed by atoms with Gasteiger partial charge in [-0.3, -0.25) is 10.2 Å². The number of hydrogen-bond acceptors (Lipinski definition) is 3. The highest BCUT2D eigenvalue weighted by molar-refractivity contribution is 5.81. The molecule has 0 fully saturated rings. The Balaban J connectivity index is 2.43. The number of nitrogens with one attached hydrogen (secondary N) is 1. The molecule has 0 aliphatic carbocycles. The molecule has 1 rings (SSSR count). The molecule has 0 saturated carbocycles. The Hall–Kier alpha value is -1.55. The maximum atomic E-state index is 11.5. The maximum Gasteiger partial charge on any atom is 0.239 e. The molecule has 4 heteroatoms. The van der Waals surface area contributed by atoms with Crippen molar-refractivity contribution < 1.29 is 9.53 Å². The fourth-order valence-electron chi connectivity index (χ4n) is 1.87. The summed E-state index contributed by atoms with van der Waals surface area (Å²) < 4.78 is 5.76. The van der Waals surface area contributed by atoms with Gasteiger partial charge in [-0.25, -0.2) is 5.84 Å². The van der Waals surface area contributed by atoms with Crippen LogP contribution in [0, 0.1) is 19.3 Å². The van der Waals surface area contributed by atoms with E-state index in [0.717, 1.165) is 24.2 Å². The van der Waals surface area contributed by atoms with E-state index >= 15 is 0 Å². The lowest BCUT2D eigenvalue weighted by molar-refractivity contribution is -0.129. The Morgan fingerprint density at radius 1 is 1.37 bits per heavy atom. The van der Waals surface area contributed by atoms with Gasteiger partial charge in [0.2, 0.25) is 5.91 Å². The van der Waals surface area contributed by atoms with Crippen LogP contribution < -0.4 is 16.0 Å². The number of benzene rings is 1. The van der Waals surface area contributed by atoms with Crippen LogP contribution in [0.3, 0.4) is 0 Å². The molecule has 0 aliphatic heterocycles. The molecule has 0 aliphatic rings. The summed E-state index contributed by atoms with van der Waals surface area (Å²) in [5.74, 6) is 5.94. The zero-order valence-electron chi connectivity index (χ0n) is 12.2. The summed E-state index contributed by atoms with van der Waals surface area (Å²) in [4.78, 5) is 11.5.